The summed E-state index contributed by atoms with van der Waals surface area (Å²) in [7, 11) is 3.62. The van der Waals surface area contributed by atoms with Gasteiger partial charge in [-0.15, -0.1) is 0 Å². The van der Waals surface area contributed by atoms with Crippen LogP contribution in [0, 0.1) is 5.82 Å². The molecule has 1 N–H and O–H groups in total. The molecule has 0 amide bonds. The molecule has 0 aliphatic rings. The van der Waals surface area contributed by atoms with Gasteiger partial charge in [0.25, 0.3) is 0 Å². The van der Waals surface area contributed by atoms with Gasteiger partial charge in [-0.1, -0.05) is 13.0 Å². The van der Waals surface area contributed by atoms with Crippen molar-refractivity contribution in [3.05, 3.63) is 53.8 Å². The average molecular weight is 288 g/mol. The number of methoxy groups -OCH3 is 1. The lowest BCUT2D eigenvalue weighted by molar-refractivity contribution is 0.415. The van der Waals surface area contributed by atoms with E-state index in [1.165, 1.54) is 6.07 Å². The van der Waals surface area contributed by atoms with Crippen molar-refractivity contribution in [3.63, 3.8) is 0 Å². The first-order chi connectivity index (χ1) is 10.2. The van der Waals surface area contributed by atoms with Crippen LogP contribution < -0.4 is 15.0 Å². The Balaban J connectivity index is 2.34. The zero-order valence-corrected chi connectivity index (χ0v) is 12.7. The predicted octanol–water partition coefficient (Wildman–Crippen LogP) is 3.71. The summed E-state index contributed by atoms with van der Waals surface area (Å²) in [4.78, 5) is 2.04. The lowest BCUT2D eigenvalue weighted by Gasteiger charge is -2.23. The van der Waals surface area contributed by atoms with E-state index in [2.05, 4.69) is 5.32 Å². The molecule has 0 bridgehead atoms. The average Bonchev–Trinajstić information content (AvgIpc) is 2.52. The minimum absolute atomic E-state index is 0.217. The number of hydrogen-bond donors (Lipinski definition) is 1. The number of halogens is 1. The smallest absolute Gasteiger partial charge is 0.123 e. The van der Waals surface area contributed by atoms with E-state index >= 15 is 0 Å². The number of benzene rings is 2. The molecule has 2 aromatic carbocycles. The molecule has 2 aromatic rings. The molecule has 4 heteroatoms. The fourth-order valence-electron chi connectivity index (χ4n) is 2.24. The Morgan fingerprint density at radius 3 is 2.71 bits per heavy atom. The van der Waals surface area contributed by atoms with Gasteiger partial charge in [-0.05, 0) is 42.4 Å². The largest absolute Gasteiger partial charge is 0.497 e. The fraction of sp³-hybridized carbons (Fsp3) is 0.294. The van der Waals surface area contributed by atoms with Gasteiger partial charge in [-0.2, -0.15) is 0 Å². The summed E-state index contributed by atoms with van der Waals surface area (Å²) in [5, 5.41) is 3.24. The number of rotatable bonds is 6. The minimum Gasteiger partial charge on any atom is -0.497 e. The third-order valence-corrected chi connectivity index (χ3v) is 3.41. The first-order valence-electron chi connectivity index (χ1n) is 7.02. The van der Waals surface area contributed by atoms with E-state index in [9.17, 15) is 4.39 Å². The number of ether oxygens (including phenoxy) is 1. The lowest BCUT2D eigenvalue weighted by atomic mass is 10.1. The maximum Gasteiger partial charge on any atom is 0.123 e. The van der Waals surface area contributed by atoms with Gasteiger partial charge >= 0.3 is 0 Å². The molecule has 0 aliphatic carbocycles. The summed E-state index contributed by atoms with van der Waals surface area (Å²) in [6.45, 7) is 3.52. The number of anilines is 2. The van der Waals surface area contributed by atoms with Crippen molar-refractivity contribution in [1.82, 2.24) is 5.32 Å². The predicted molar refractivity (Wildman–Crippen MR) is 84.8 cm³/mol. The molecule has 0 radical (unpaired) electrons. The molecule has 0 aliphatic heterocycles. The van der Waals surface area contributed by atoms with Gasteiger partial charge in [0.2, 0.25) is 0 Å². The second kappa shape index (κ2) is 7.09. The Morgan fingerprint density at radius 2 is 2.00 bits per heavy atom. The quantitative estimate of drug-likeness (QED) is 0.877. The van der Waals surface area contributed by atoms with Gasteiger partial charge in [0.1, 0.15) is 11.6 Å². The standard InChI is InChI=1S/C17H21FN2O/c1-4-19-12-13-10-14(18)8-9-17(13)20(2)15-6-5-7-16(11-15)21-3/h5-11,19H,4,12H2,1-3H3. The van der Waals surface area contributed by atoms with Crippen LogP contribution in [0.15, 0.2) is 42.5 Å². The molecule has 21 heavy (non-hydrogen) atoms. The molecule has 0 spiro atoms. The second-order valence-electron chi connectivity index (χ2n) is 4.81. The van der Waals surface area contributed by atoms with E-state index < -0.39 is 0 Å². The molecule has 0 heterocycles. The summed E-state index contributed by atoms with van der Waals surface area (Å²) < 4.78 is 18.7. The van der Waals surface area contributed by atoms with E-state index in [4.69, 9.17) is 4.74 Å². The number of nitrogens with one attached hydrogen (secondary N) is 1. The Kier molecular flexibility index (Phi) is 5.17. The zero-order chi connectivity index (χ0) is 15.2. The monoisotopic (exact) mass is 288 g/mol. The highest BCUT2D eigenvalue weighted by molar-refractivity contribution is 5.66. The van der Waals surface area contributed by atoms with E-state index in [-0.39, 0.29) is 5.82 Å². The van der Waals surface area contributed by atoms with Crippen LogP contribution in [0.4, 0.5) is 15.8 Å². The Bertz CT molecular complexity index is 601. The number of nitrogens with zero attached hydrogens (tertiary/aromatic N) is 1. The summed E-state index contributed by atoms with van der Waals surface area (Å²) in [5.41, 5.74) is 2.91. The minimum atomic E-state index is -0.217. The van der Waals surface area contributed by atoms with Gasteiger partial charge < -0.3 is 15.0 Å². The van der Waals surface area contributed by atoms with Crippen molar-refractivity contribution in [2.45, 2.75) is 13.5 Å². The van der Waals surface area contributed by atoms with Crippen LogP contribution in [0.1, 0.15) is 12.5 Å². The topological polar surface area (TPSA) is 24.5 Å². The van der Waals surface area contributed by atoms with Crippen LogP contribution in [0.25, 0.3) is 0 Å². The van der Waals surface area contributed by atoms with E-state index in [1.807, 2.05) is 49.2 Å². The third-order valence-electron chi connectivity index (χ3n) is 3.41. The first-order valence-corrected chi connectivity index (χ1v) is 7.02. The van der Waals surface area contributed by atoms with Gasteiger partial charge in [0, 0.05) is 31.0 Å². The SMILES string of the molecule is CCNCc1cc(F)ccc1N(C)c1cccc(OC)c1. The van der Waals surface area contributed by atoms with E-state index in [1.54, 1.807) is 13.2 Å². The van der Waals surface area contributed by atoms with Gasteiger partial charge in [0.15, 0.2) is 0 Å². The highest BCUT2D eigenvalue weighted by Gasteiger charge is 2.11. The first kappa shape index (κ1) is 15.3. The molecule has 3 nitrogen and oxygen atoms in total. The van der Waals surface area contributed by atoms with Crippen LogP contribution in [0.2, 0.25) is 0 Å². The normalized spacial score (nSPS) is 10.5. The molecule has 0 unspecified atom stereocenters. The van der Waals surface area contributed by atoms with Crippen molar-refractivity contribution in [2.75, 3.05) is 25.6 Å². The molecular weight excluding hydrogens is 267 g/mol. The molecular formula is C17H21FN2O. The fourth-order valence-corrected chi connectivity index (χ4v) is 2.24. The summed E-state index contributed by atoms with van der Waals surface area (Å²) >= 11 is 0. The van der Waals surface area contributed by atoms with Crippen molar-refractivity contribution >= 4 is 11.4 Å². The molecule has 112 valence electrons. The molecule has 0 aromatic heterocycles. The van der Waals surface area contributed by atoms with Crippen LogP contribution in [0.3, 0.4) is 0 Å². The van der Waals surface area contributed by atoms with Gasteiger partial charge in [0.05, 0.1) is 7.11 Å². The second-order valence-corrected chi connectivity index (χ2v) is 4.81. The van der Waals surface area contributed by atoms with Crippen LogP contribution in [0.5, 0.6) is 5.75 Å². The summed E-state index contributed by atoms with van der Waals surface area (Å²) in [6.07, 6.45) is 0. The Labute approximate surface area is 125 Å². The molecule has 0 saturated carbocycles. The lowest BCUT2D eigenvalue weighted by Crippen LogP contribution is -2.17. The molecule has 0 fully saturated rings. The highest BCUT2D eigenvalue weighted by Crippen LogP contribution is 2.29. The Hall–Kier alpha value is -2.07. The van der Waals surface area contributed by atoms with Crippen molar-refractivity contribution in [2.24, 2.45) is 0 Å². The molecule has 0 saturated heterocycles. The maximum absolute atomic E-state index is 13.5. The molecule has 2 rings (SSSR count). The van der Waals surface area contributed by atoms with E-state index in [0.29, 0.717) is 6.54 Å². The zero-order valence-electron chi connectivity index (χ0n) is 12.7. The van der Waals surface area contributed by atoms with Gasteiger partial charge in [-0.3, -0.25) is 0 Å². The van der Waals surface area contributed by atoms with Crippen LogP contribution >= 0.6 is 0 Å². The van der Waals surface area contributed by atoms with E-state index in [0.717, 1.165) is 29.2 Å². The highest BCUT2D eigenvalue weighted by atomic mass is 19.1. The van der Waals surface area contributed by atoms with Crippen molar-refractivity contribution in [1.29, 1.82) is 0 Å². The van der Waals surface area contributed by atoms with Crippen LogP contribution in [-0.2, 0) is 6.54 Å². The maximum atomic E-state index is 13.5. The van der Waals surface area contributed by atoms with Crippen molar-refractivity contribution < 1.29 is 9.13 Å². The number of hydrogen-bond acceptors (Lipinski definition) is 3. The summed E-state index contributed by atoms with van der Waals surface area (Å²) in [5.74, 6) is 0.584. The van der Waals surface area contributed by atoms with Crippen molar-refractivity contribution in [3.8, 4) is 5.75 Å². The summed E-state index contributed by atoms with van der Waals surface area (Å²) in [6, 6.07) is 12.7. The molecule has 0 atom stereocenters. The Morgan fingerprint density at radius 1 is 1.19 bits per heavy atom. The van der Waals surface area contributed by atoms with Gasteiger partial charge in [-0.25, -0.2) is 4.39 Å². The third kappa shape index (κ3) is 3.73. The van der Waals surface area contributed by atoms with Crippen LogP contribution in [-0.4, -0.2) is 20.7 Å².